The van der Waals surface area contributed by atoms with E-state index in [0.717, 1.165) is 18.6 Å². The fourth-order valence-corrected chi connectivity index (χ4v) is 4.15. The second-order valence-corrected chi connectivity index (χ2v) is 5.73. The summed E-state index contributed by atoms with van der Waals surface area (Å²) >= 11 is 2.03. The number of fused-ring (bicyclic) bond motifs is 2. The van der Waals surface area contributed by atoms with Gasteiger partial charge in [0.25, 0.3) is 0 Å². The Bertz CT molecular complexity index is 372. The van der Waals surface area contributed by atoms with E-state index in [4.69, 9.17) is 0 Å². The monoisotopic (exact) mass is 220 g/mol. The quantitative estimate of drug-likeness (QED) is 0.672. The molecule has 0 aliphatic carbocycles. The van der Waals surface area contributed by atoms with Gasteiger partial charge in [0.05, 0.1) is 0 Å². The molecule has 0 aromatic heterocycles. The molecule has 0 amide bonds. The van der Waals surface area contributed by atoms with Gasteiger partial charge in [0.15, 0.2) is 0 Å². The smallest absolute Gasteiger partial charge is 0.0438 e. The molecule has 0 bridgehead atoms. The van der Waals surface area contributed by atoms with Gasteiger partial charge in [-0.05, 0) is 37.1 Å². The van der Waals surface area contributed by atoms with E-state index in [2.05, 4.69) is 24.3 Å². The van der Waals surface area contributed by atoms with Crippen molar-refractivity contribution in [1.82, 2.24) is 5.06 Å². The molecule has 0 atom stereocenters. The van der Waals surface area contributed by atoms with Crippen molar-refractivity contribution >= 4 is 11.8 Å². The largest absolute Gasteiger partial charge is 0.785 e. The van der Waals surface area contributed by atoms with Gasteiger partial charge in [0.1, 0.15) is 0 Å². The van der Waals surface area contributed by atoms with E-state index in [1.165, 1.54) is 16.2 Å². The van der Waals surface area contributed by atoms with Crippen molar-refractivity contribution in [2.75, 3.05) is 13.1 Å². The molecule has 1 spiro atoms. The summed E-state index contributed by atoms with van der Waals surface area (Å²) in [4.78, 5) is 0. The third-order valence-corrected chi connectivity index (χ3v) is 5.18. The minimum Gasteiger partial charge on any atom is -0.785 e. The average molecular weight is 220 g/mol. The van der Waals surface area contributed by atoms with E-state index < -0.39 is 0 Å². The highest BCUT2D eigenvalue weighted by Crippen LogP contribution is 2.52. The van der Waals surface area contributed by atoms with Crippen molar-refractivity contribution in [1.29, 1.82) is 0 Å². The molecule has 0 radical (unpaired) electrons. The van der Waals surface area contributed by atoms with Gasteiger partial charge in [-0.1, -0.05) is 24.3 Å². The molecule has 2 nitrogen and oxygen atoms in total. The second kappa shape index (κ2) is 3.51. The van der Waals surface area contributed by atoms with Crippen LogP contribution in [0.2, 0.25) is 0 Å². The summed E-state index contributed by atoms with van der Waals surface area (Å²) in [5.41, 5.74) is 2.96. The zero-order valence-electron chi connectivity index (χ0n) is 8.61. The van der Waals surface area contributed by atoms with Gasteiger partial charge in [-0.15, -0.1) is 11.8 Å². The van der Waals surface area contributed by atoms with Gasteiger partial charge in [-0.3, -0.25) is 0 Å². The van der Waals surface area contributed by atoms with Crippen molar-refractivity contribution < 1.29 is 0 Å². The van der Waals surface area contributed by atoms with E-state index >= 15 is 0 Å². The molecule has 3 heteroatoms. The van der Waals surface area contributed by atoms with E-state index in [1.807, 2.05) is 11.8 Å². The van der Waals surface area contributed by atoms with Gasteiger partial charge >= 0.3 is 0 Å². The maximum Gasteiger partial charge on any atom is 0.0438 e. The van der Waals surface area contributed by atoms with Crippen LogP contribution in [0, 0.1) is 5.21 Å². The number of thioether (sulfide) groups is 1. The Hall–Kier alpha value is -0.510. The number of piperidine rings is 1. The third-order valence-electron chi connectivity index (χ3n) is 3.54. The predicted octanol–water partition coefficient (Wildman–Crippen LogP) is 2.72. The van der Waals surface area contributed by atoms with Crippen LogP contribution >= 0.6 is 11.8 Å². The molecule has 1 fully saturated rings. The standard InChI is InChI=1S/C12H14NOS/c14-13-7-5-12(6-8-13)11-4-2-1-3-10(11)9-15-12/h1-4H,5-9H2/q-1. The SMILES string of the molecule is [O-]N1CCC2(CC1)SCc1ccccc12. The van der Waals surface area contributed by atoms with Gasteiger partial charge < -0.3 is 10.3 Å². The molecule has 80 valence electrons. The molecule has 1 aromatic carbocycles. The van der Waals surface area contributed by atoms with Crippen LogP contribution in [0.15, 0.2) is 24.3 Å². The van der Waals surface area contributed by atoms with Crippen LogP contribution in [0.5, 0.6) is 0 Å². The van der Waals surface area contributed by atoms with Crippen LogP contribution in [0.25, 0.3) is 0 Å². The Balaban J connectivity index is 1.95. The molecule has 0 N–H and O–H groups in total. The van der Waals surface area contributed by atoms with Crippen LogP contribution < -0.4 is 0 Å². The molecule has 2 heterocycles. The Morgan fingerprint density at radius 1 is 1.20 bits per heavy atom. The number of hydrogen-bond donors (Lipinski definition) is 0. The third kappa shape index (κ3) is 1.50. The van der Waals surface area contributed by atoms with E-state index in [9.17, 15) is 5.21 Å². The van der Waals surface area contributed by atoms with Crippen molar-refractivity contribution in [2.24, 2.45) is 0 Å². The average Bonchev–Trinajstić information content (AvgIpc) is 2.63. The highest BCUT2D eigenvalue weighted by Gasteiger charge is 2.40. The van der Waals surface area contributed by atoms with Gasteiger partial charge in [0, 0.05) is 10.5 Å². The van der Waals surface area contributed by atoms with Crippen LogP contribution in [-0.4, -0.2) is 18.2 Å². The van der Waals surface area contributed by atoms with Crippen molar-refractivity contribution in [3.05, 3.63) is 40.6 Å². The fourth-order valence-electron chi connectivity index (χ4n) is 2.65. The number of hydroxylamine groups is 2. The second-order valence-electron chi connectivity index (χ2n) is 4.37. The molecular formula is C12H14NOS-. The van der Waals surface area contributed by atoms with Crippen LogP contribution in [0.4, 0.5) is 0 Å². The lowest BCUT2D eigenvalue weighted by Crippen LogP contribution is -2.36. The summed E-state index contributed by atoms with van der Waals surface area (Å²) in [7, 11) is 0. The first-order valence-corrected chi connectivity index (χ1v) is 6.43. The number of hydrogen-bond acceptors (Lipinski definition) is 3. The van der Waals surface area contributed by atoms with Gasteiger partial charge in [0.2, 0.25) is 0 Å². The lowest BCUT2D eigenvalue weighted by molar-refractivity contribution is 0.269. The number of nitrogens with zero attached hydrogens (tertiary/aromatic N) is 1. The molecule has 0 unspecified atom stereocenters. The molecular weight excluding hydrogens is 206 g/mol. The highest BCUT2D eigenvalue weighted by atomic mass is 32.2. The minimum atomic E-state index is 0.261. The first-order valence-electron chi connectivity index (χ1n) is 5.45. The van der Waals surface area contributed by atoms with Gasteiger partial charge in [-0.2, -0.15) is 0 Å². The molecule has 1 aromatic rings. The summed E-state index contributed by atoms with van der Waals surface area (Å²) in [5.74, 6) is 1.12. The molecule has 15 heavy (non-hydrogen) atoms. The van der Waals surface area contributed by atoms with Crippen molar-refractivity contribution in [2.45, 2.75) is 23.3 Å². The maximum absolute atomic E-state index is 11.2. The summed E-state index contributed by atoms with van der Waals surface area (Å²) in [6.45, 7) is 1.39. The lowest BCUT2D eigenvalue weighted by atomic mass is 9.87. The Morgan fingerprint density at radius 3 is 2.73 bits per heavy atom. The van der Waals surface area contributed by atoms with E-state index in [0.29, 0.717) is 13.1 Å². The fraction of sp³-hybridized carbons (Fsp3) is 0.500. The lowest BCUT2D eigenvalue weighted by Gasteiger charge is -2.42. The topological polar surface area (TPSA) is 26.3 Å². The zero-order valence-corrected chi connectivity index (χ0v) is 9.43. The van der Waals surface area contributed by atoms with Crippen molar-refractivity contribution in [3.8, 4) is 0 Å². The Morgan fingerprint density at radius 2 is 1.93 bits per heavy atom. The molecule has 1 saturated heterocycles. The number of rotatable bonds is 0. The van der Waals surface area contributed by atoms with Crippen LogP contribution in [0.3, 0.4) is 0 Å². The first-order chi connectivity index (χ1) is 7.30. The molecule has 0 saturated carbocycles. The minimum absolute atomic E-state index is 0.261. The summed E-state index contributed by atoms with van der Waals surface area (Å²) in [5, 5.41) is 12.4. The van der Waals surface area contributed by atoms with E-state index in [1.54, 1.807) is 0 Å². The van der Waals surface area contributed by atoms with Crippen LogP contribution in [-0.2, 0) is 10.5 Å². The van der Waals surface area contributed by atoms with Gasteiger partial charge in [-0.25, -0.2) is 0 Å². The maximum atomic E-state index is 11.2. The summed E-state index contributed by atoms with van der Waals surface area (Å²) < 4.78 is 0.261. The zero-order chi connectivity index (χ0) is 10.3. The van der Waals surface area contributed by atoms with Crippen molar-refractivity contribution in [3.63, 3.8) is 0 Å². The number of benzene rings is 1. The first kappa shape index (κ1) is 9.70. The molecule has 3 rings (SSSR count). The van der Waals surface area contributed by atoms with E-state index in [-0.39, 0.29) is 4.75 Å². The molecule has 2 aliphatic heterocycles. The Labute approximate surface area is 94.2 Å². The normalized spacial score (nSPS) is 24.3. The summed E-state index contributed by atoms with van der Waals surface area (Å²) in [6.07, 6.45) is 2.02. The summed E-state index contributed by atoms with van der Waals surface area (Å²) in [6, 6.07) is 8.70. The Kier molecular flexibility index (Phi) is 2.27. The highest BCUT2D eigenvalue weighted by molar-refractivity contribution is 7.99. The predicted molar refractivity (Wildman–Crippen MR) is 63.6 cm³/mol. The molecule has 2 aliphatic rings. The van der Waals surface area contributed by atoms with Crippen LogP contribution in [0.1, 0.15) is 24.0 Å².